The van der Waals surface area contributed by atoms with Gasteiger partial charge >= 0.3 is 0 Å². The molecule has 1 atom stereocenters. The Balaban J connectivity index is 2.72. The lowest BCUT2D eigenvalue weighted by Gasteiger charge is -2.11. The average Bonchev–Trinajstić information content (AvgIpc) is 2.37. The standard InChI is InChI=1S/C12H17N3O3/c1-8(11(13)15-17)12(16)14-10-5-3-4-9(6-10)7-18-2/h3-6,8,17H,7H2,1-2H3,(H2,13,15)(H,14,16). The van der Waals surface area contributed by atoms with E-state index in [4.69, 9.17) is 15.7 Å². The molecule has 1 aromatic rings. The number of rotatable bonds is 5. The van der Waals surface area contributed by atoms with Gasteiger partial charge in [-0.05, 0) is 24.6 Å². The second-order valence-electron chi connectivity index (χ2n) is 3.87. The second kappa shape index (κ2) is 6.61. The second-order valence-corrected chi connectivity index (χ2v) is 3.87. The number of benzene rings is 1. The minimum absolute atomic E-state index is 0.124. The summed E-state index contributed by atoms with van der Waals surface area (Å²) in [7, 11) is 1.60. The van der Waals surface area contributed by atoms with Crippen LogP contribution < -0.4 is 11.1 Å². The molecular formula is C12H17N3O3. The van der Waals surface area contributed by atoms with E-state index in [0.717, 1.165) is 5.56 Å². The van der Waals surface area contributed by atoms with Crippen LogP contribution in [0.3, 0.4) is 0 Å². The van der Waals surface area contributed by atoms with Gasteiger partial charge in [0.2, 0.25) is 5.91 Å². The fraction of sp³-hybridized carbons (Fsp3) is 0.333. The number of nitrogens with zero attached hydrogens (tertiary/aromatic N) is 1. The highest BCUT2D eigenvalue weighted by molar-refractivity contribution is 6.07. The van der Waals surface area contributed by atoms with Crippen molar-refractivity contribution < 1.29 is 14.7 Å². The molecule has 0 aromatic heterocycles. The van der Waals surface area contributed by atoms with Crippen molar-refractivity contribution in [2.45, 2.75) is 13.5 Å². The summed E-state index contributed by atoms with van der Waals surface area (Å²) in [5, 5.41) is 14.0. The van der Waals surface area contributed by atoms with Crippen molar-refractivity contribution in [1.29, 1.82) is 0 Å². The predicted octanol–water partition coefficient (Wildman–Crippen LogP) is 1.15. The van der Waals surface area contributed by atoms with E-state index in [1.807, 2.05) is 12.1 Å². The van der Waals surface area contributed by atoms with Crippen molar-refractivity contribution >= 4 is 17.4 Å². The normalized spacial score (nSPS) is 13.1. The molecule has 1 unspecified atom stereocenters. The lowest BCUT2D eigenvalue weighted by molar-refractivity contribution is -0.117. The Morgan fingerprint density at radius 3 is 2.94 bits per heavy atom. The molecule has 4 N–H and O–H groups in total. The van der Waals surface area contributed by atoms with E-state index in [-0.39, 0.29) is 11.7 Å². The number of nitrogens with one attached hydrogen (secondary N) is 1. The first-order valence-electron chi connectivity index (χ1n) is 5.44. The molecule has 1 aromatic carbocycles. The molecule has 18 heavy (non-hydrogen) atoms. The molecule has 0 radical (unpaired) electrons. The van der Waals surface area contributed by atoms with Crippen LogP contribution in [0.2, 0.25) is 0 Å². The molecule has 0 aliphatic rings. The maximum absolute atomic E-state index is 11.8. The van der Waals surface area contributed by atoms with E-state index >= 15 is 0 Å². The minimum atomic E-state index is -0.693. The van der Waals surface area contributed by atoms with E-state index < -0.39 is 5.92 Å². The van der Waals surface area contributed by atoms with Gasteiger partial charge in [0.25, 0.3) is 0 Å². The third-order valence-corrected chi connectivity index (χ3v) is 2.46. The van der Waals surface area contributed by atoms with Gasteiger partial charge in [-0.3, -0.25) is 4.79 Å². The Kier molecular flexibility index (Phi) is 5.13. The molecule has 1 amide bonds. The van der Waals surface area contributed by atoms with Crippen molar-refractivity contribution in [2.75, 3.05) is 12.4 Å². The van der Waals surface area contributed by atoms with Gasteiger partial charge in [0.1, 0.15) is 0 Å². The Morgan fingerprint density at radius 2 is 2.33 bits per heavy atom. The highest BCUT2D eigenvalue weighted by Gasteiger charge is 2.17. The molecule has 0 aliphatic heterocycles. The number of amides is 1. The third-order valence-electron chi connectivity index (χ3n) is 2.46. The first-order valence-corrected chi connectivity index (χ1v) is 5.44. The Labute approximate surface area is 105 Å². The van der Waals surface area contributed by atoms with E-state index in [1.54, 1.807) is 26.2 Å². The van der Waals surface area contributed by atoms with Crippen LogP contribution in [0.25, 0.3) is 0 Å². The number of methoxy groups -OCH3 is 1. The number of anilines is 1. The zero-order valence-corrected chi connectivity index (χ0v) is 10.4. The topological polar surface area (TPSA) is 96.9 Å². The van der Waals surface area contributed by atoms with Gasteiger partial charge in [0.15, 0.2) is 5.84 Å². The van der Waals surface area contributed by atoms with Gasteiger partial charge in [-0.15, -0.1) is 0 Å². The molecule has 6 heteroatoms. The highest BCUT2D eigenvalue weighted by Crippen LogP contribution is 2.12. The number of nitrogens with two attached hydrogens (primary N) is 1. The van der Waals surface area contributed by atoms with Gasteiger partial charge < -0.3 is 21.0 Å². The zero-order valence-electron chi connectivity index (χ0n) is 10.4. The third kappa shape index (κ3) is 3.74. The summed E-state index contributed by atoms with van der Waals surface area (Å²) in [5.41, 5.74) is 6.96. The maximum Gasteiger partial charge on any atom is 0.234 e. The summed E-state index contributed by atoms with van der Waals surface area (Å²) in [6.45, 7) is 2.03. The van der Waals surface area contributed by atoms with Crippen LogP contribution in [-0.2, 0) is 16.1 Å². The van der Waals surface area contributed by atoms with Crippen LogP contribution in [0.4, 0.5) is 5.69 Å². The van der Waals surface area contributed by atoms with Crippen LogP contribution in [-0.4, -0.2) is 24.1 Å². The van der Waals surface area contributed by atoms with E-state index in [2.05, 4.69) is 10.5 Å². The average molecular weight is 251 g/mol. The first-order chi connectivity index (χ1) is 8.58. The van der Waals surface area contributed by atoms with E-state index in [9.17, 15) is 4.79 Å². The van der Waals surface area contributed by atoms with Crippen LogP contribution in [0, 0.1) is 5.92 Å². The van der Waals surface area contributed by atoms with Crippen LogP contribution in [0.15, 0.2) is 29.4 Å². The zero-order chi connectivity index (χ0) is 13.5. The molecular weight excluding hydrogens is 234 g/mol. The van der Waals surface area contributed by atoms with Crippen LogP contribution >= 0.6 is 0 Å². The quantitative estimate of drug-likeness (QED) is 0.316. The molecule has 1 rings (SSSR count). The van der Waals surface area contributed by atoms with Gasteiger partial charge in [-0.1, -0.05) is 17.3 Å². The summed E-state index contributed by atoms with van der Waals surface area (Å²) in [4.78, 5) is 11.8. The Morgan fingerprint density at radius 1 is 1.61 bits per heavy atom. The van der Waals surface area contributed by atoms with Crippen molar-refractivity contribution in [3.63, 3.8) is 0 Å². The Hall–Kier alpha value is -2.08. The van der Waals surface area contributed by atoms with Crippen molar-refractivity contribution in [1.82, 2.24) is 0 Å². The number of amidine groups is 1. The fourth-order valence-corrected chi connectivity index (χ4v) is 1.38. The maximum atomic E-state index is 11.8. The van der Waals surface area contributed by atoms with Gasteiger partial charge in [0, 0.05) is 12.8 Å². The molecule has 0 spiro atoms. The monoisotopic (exact) mass is 251 g/mol. The number of oxime groups is 1. The summed E-state index contributed by atoms with van der Waals surface area (Å²) in [6, 6.07) is 7.28. The summed E-state index contributed by atoms with van der Waals surface area (Å²) >= 11 is 0. The summed E-state index contributed by atoms with van der Waals surface area (Å²) < 4.78 is 5.01. The molecule has 0 saturated heterocycles. The summed E-state index contributed by atoms with van der Waals surface area (Å²) in [5.74, 6) is -1.15. The first kappa shape index (κ1) is 14.0. The lowest BCUT2D eigenvalue weighted by Crippen LogP contribution is -2.32. The summed E-state index contributed by atoms with van der Waals surface area (Å²) in [6.07, 6.45) is 0. The van der Waals surface area contributed by atoms with E-state index in [0.29, 0.717) is 12.3 Å². The number of carbonyl (C=O) groups excluding carboxylic acids is 1. The predicted molar refractivity (Wildman–Crippen MR) is 68.4 cm³/mol. The van der Waals surface area contributed by atoms with Gasteiger partial charge in [0.05, 0.1) is 12.5 Å². The van der Waals surface area contributed by atoms with Crippen molar-refractivity contribution in [3.05, 3.63) is 29.8 Å². The smallest absolute Gasteiger partial charge is 0.234 e. The van der Waals surface area contributed by atoms with Crippen molar-refractivity contribution in [2.24, 2.45) is 16.8 Å². The molecule has 0 heterocycles. The molecule has 0 aliphatic carbocycles. The van der Waals surface area contributed by atoms with E-state index in [1.165, 1.54) is 0 Å². The molecule has 6 nitrogen and oxygen atoms in total. The Bertz CT molecular complexity index is 446. The molecule has 0 fully saturated rings. The van der Waals surface area contributed by atoms with Crippen LogP contribution in [0.5, 0.6) is 0 Å². The largest absolute Gasteiger partial charge is 0.409 e. The molecule has 98 valence electrons. The number of hydrogen-bond donors (Lipinski definition) is 3. The fourth-order valence-electron chi connectivity index (χ4n) is 1.38. The number of ether oxygens (including phenoxy) is 1. The number of carbonyl (C=O) groups is 1. The minimum Gasteiger partial charge on any atom is -0.409 e. The molecule has 0 bridgehead atoms. The SMILES string of the molecule is COCc1cccc(NC(=O)C(C)C(N)=NO)c1. The number of hydrogen-bond acceptors (Lipinski definition) is 4. The van der Waals surface area contributed by atoms with Crippen LogP contribution in [0.1, 0.15) is 12.5 Å². The van der Waals surface area contributed by atoms with Crippen molar-refractivity contribution in [3.8, 4) is 0 Å². The van der Waals surface area contributed by atoms with Gasteiger partial charge in [-0.25, -0.2) is 0 Å². The highest BCUT2D eigenvalue weighted by atomic mass is 16.5. The molecule has 0 saturated carbocycles. The van der Waals surface area contributed by atoms with Gasteiger partial charge in [-0.2, -0.15) is 0 Å². The lowest BCUT2D eigenvalue weighted by atomic mass is 10.1.